The number of thioether (sulfide) groups is 2. The molecule has 0 N–H and O–H groups in total. The SMILES string of the molecule is [C-]#[N+]C([N+]#[C-])=C1Cc2c(-c3ccc(SC(F)(F)F)cc3)c3c(c(-c4ccc(SC(F)(F)F)cc4)c2=C1[N+]#[C-])CC(=C(C#N)C#N)C=3C#N. The maximum absolute atomic E-state index is 13.1. The van der Waals surface area contributed by atoms with Crippen LogP contribution in [0.25, 0.3) is 48.1 Å². The Hall–Kier alpha value is -5.90. The van der Waals surface area contributed by atoms with E-state index in [1.54, 1.807) is 12.1 Å². The molecular formula is C34H12F6N6S2. The lowest BCUT2D eigenvalue weighted by atomic mass is 9.87. The van der Waals surface area contributed by atoms with E-state index in [1.807, 2.05) is 0 Å². The molecule has 0 aliphatic heterocycles. The predicted octanol–water partition coefficient (Wildman–Crippen LogP) is 8.45. The fraction of sp³-hybridized carbons (Fsp3) is 0.118. The Kier molecular flexibility index (Phi) is 8.86. The summed E-state index contributed by atoms with van der Waals surface area (Å²) in [6, 6.07) is 16.1. The summed E-state index contributed by atoms with van der Waals surface area (Å²) in [4.78, 5) is 9.99. The van der Waals surface area contributed by atoms with Crippen molar-refractivity contribution in [3.05, 3.63) is 127 Å². The van der Waals surface area contributed by atoms with Gasteiger partial charge in [-0.15, -0.1) is 0 Å². The number of halogens is 6. The summed E-state index contributed by atoms with van der Waals surface area (Å²) in [5, 5.41) is 30.4. The molecule has 2 aliphatic rings. The number of hydrogen-bond donors (Lipinski definition) is 0. The molecule has 6 nitrogen and oxygen atoms in total. The van der Waals surface area contributed by atoms with Crippen LogP contribution in [-0.2, 0) is 12.8 Å². The summed E-state index contributed by atoms with van der Waals surface area (Å²) in [5.74, 6) is -0.399. The van der Waals surface area contributed by atoms with Gasteiger partial charge in [-0.3, -0.25) is 0 Å². The summed E-state index contributed by atoms with van der Waals surface area (Å²) in [5.41, 5.74) is -7.58. The minimum Gasteiger partial charge on any atom is -0.238 e. The van der Waals surface area contributed by atoms with Gasteiger partial charge in [-0.2, -0.15) is 51.8 Å². The normalized spacial score (nSPS) is 13.3. The van der Waals surface area contributed by atoms with Gasteiger partial charge in [0.1, 0.15) is 36.9 Å². The van der Waals surface area contributed by atoms with Crippen LogP contribution in [0, 0.1) is 53.7 Å². The Bertz CT molecular complexity index is 2160. The van der Waals surface area contributed by atoms with Crippen molar-refractivity contribution in [2.45, 2.75) is 33.6 Å². The number of nitrogens with zero attached hydrogens (tertiary/aromatic N) is 6. The van der Waals surface area contributed by atoms with Gasteiger partial charge in [-0.05, 0) is 92.8 Å². The first kappa shape index (κ1) is 33.5. The monoisotopic (exact) mass is 682 g/mol. The number of allylic oxidation sites excluding steroid dienone is 2. The van der Waals surface area contributed by atoms with Crippen LogP contribution in [0.15, 0.2) is 80.9 Å². The molecular weight excluding hydrogens is 671 g/mol. The van der Waals surface area contributed by atoms with E-state index in [9.17, 15) is 42.1 Å². The molecule has 0 radical (unpaired) electrons. The summed E-state index contributed by atoms with van der Waals surface area (Å²) in [6.07, 6.45) is -0.334. The van der Waals surface area contributed by atoms with Crippen LogP contribution in [0.2, 0.25) is 0 Å². The first-order chi connectivity index (χ1) is 22.8. The fourth-order valence-corrected chi connectivity index (χ4v) is 6.90. The van der Waals surface area contributed by atoms with Crippen LogP contribution >= 0.6 is 23.5 Å². The first-order valence-corrected chi connectivity index (χ1v) is 14.9. The van der Waals surface area contributed by atoms with Gasteiger partial charge in [0, 0.05) is 27.0 Å². The van der Waals surface area contributed by atoms with E-state index in [1.165, 1.54) is 48.5 Å². The minimum absolute atomic E-state index is 0.0697. The zero-order chi connectivity index (χ0) is 35.0. The smallest absolute Gasteiger partial charge is 0.238 e. The van der Waals surface area contributed by atoms with Crippen LogP contribution in [-0.4, -0.2) is 11.0 Å². The molecule has 0 atom stereocenters. The highest BCUT2D eigenvalue weighted by Crippen LogP contribution is 2.42. The number of fused-ring (bicyclic) bond motifs is 2. The van der Waals surface area contributed by atoms with Crippen LogP contribution in [0.3, 0.4) is 0 Å². The Morgan fingerprint density at radius 2 is 1.10 bits per heavy atom. The van der Waals surface area contributed by atoms with E-state index in [2.05, 4.69) is 20.6 Å². The maximum Gasteiger partial charge on any atom is 0.512 e. The molecule has 0 saturated heterocycles. The van der Waals surface area contributed by atoms with Gasteiger partial charge < -0.3 is 0 Å². The summed E-state index contributed by atoms with van der Waals surface area (Å²) >= 11 is -0.675. The Labute approximate surface area is 277 Å². The molecule has 3 aromatic carbocycles. The van der Waals surface area contributed by atoms with E-state index in [4.69, 9.17) is 19.7 Å². The molecule has 2 aliphatic carbocycles. The van der Waals surface area contributed by atoms with Crippen molar-refractivity contribution in [2.75, 3.05) is 0 Å². The van der Waals surface area contributed by atoms with Crippen LogP contribution < -0.4 is 10.4 Å². The van der Waals surface area contributed by atoms with Crippen molar-refractivity contribution in [2.24, 2.45) is 0 Å². The van der Waals surface area contributed by atoms with E-state index in [-0.39, 0.29) is 84.6 Å². The second-order valence-electron chi connectivity index (χ2n) is 10.0. The molecule has 0 bridgehead atoms. The standard InChI is InChI=1S/C34H12F6N6S2/c1-44-31-25(32(45-2)46-3)13-24-27(17-4-8-20(9-5-17)47-33(35,36)37)29-23(12-22(26(29)16-43)19(14-41)15-42)28(30(24)31)18-6-10-21(11-7-18)48-34(38,39)40/h4-11H,12-13H2. The van der Waals surface area contributed by atoms with E-state index in [0.717, 1.165) is 0 Å². The first-order valence-electron chi connectivity index (χ1n) is 13.3. The third-order valence-corrected chi connectivity index (χ3v) is 8.95. The van der Waals surface area contributed by atoms with Crippen molar-refractivity contribution >= 4 is 34.8 Å². The molecule has 5 rings (SSSR count). The highest BCUT2D eigenvalue weighted by Gasteiger charge is 2.36. The van der Waals surface area contributed by atoms with Crippen LogP contribution in [0.1, 0.15) is 11.1 Å². The van der Waals surface area contributed by atoms with Gasteiger partial charge in [0.15, 0.2) is 5.70 Å². The van der Waals surface area contributed by atoms with Crippen molar-refractivity contribution in [3.63, 3.8) is 0 Å². The van der Waals surface area contributed by atoms with Gasteiger partial charge in [0.05, 0.1) is 17.7 Å². The van der Waals surface area contributed by atoms with Gasteiger partial charge in [-0.1, -0.05) is 24.3 Å². The third-order valence-electron chi connectivity index (χ3n) is 7.47. The maximum atomic E-state index is 13.1. The largest absolute Gasteiger partial charge is 0.512 e. The molecule has 0 spiro atoms. The molecule has 0 fully saturated rings. The molecule has 14 heteroatoms. The Morgan fingerprint density at radius 3 is 1.50 bits per heavy atom. The molecule has 0 aromatic heterocycles. The fourth-order valence-electron chi connectivity index (χ4n) is 5.82. The van der Waals surface area contributed by atoms with Crippen LogP contribution in [0.5, 0.6) is 0 Å². The highest BCUT2D eigenvalue weighted by atomic mass is 32.2. The summed E-state index contributed by atoms with van der Waals surface area (Å²) in [6.45, 7) is 23.2. The molecule has 0 saturated carbocycles. The number of benzene rings is 3. The zero-order valence-electron chi connectivity index (χ0n) is 23.8. The third kappa shape index (κ3) is 6.12. The summed E-state index contributed by atoms with van der Waals surface area (Å²) < 4.78 is 78.7. The van der Waals surface area contributed by atoms with Gasteiger partial charge in [0.2, 0.25) is 0 Å². The number of rotatable bonds is 4. The lowest BCUT2D eigenvalue weighted by molar-refractivity contribution is -0.0337. The second kappa shape index (κ2) is 12.7. The minimum atomic E-state index is -4.57. The van der Waals surface area contributed by atoms with E-state index < -0.39 is 16.8 Å². The number of nitriles is 3. The van der Waals surface area contributed by atoms with Crippen LogP contribution in [0.4, 0.5) is 26.3 Å². The van der Waals surface area contributed by atoms with Crippen molar-refractivity contribution < 1.29 is 26.3 Å². The van der Waals surface area contributed by atoms with Gasteiger partial charge >= 0.3 is 16.8 Å². The molecule has 0 unspecified atom stereocenters. The van der Waals surface area contributed by atoms with Gasteiger partial charge in [-0.25, -0.2) is 4.85 Å². The highest BCUT2D eigenvalue weighted by molar-refractivity contribution is 8.00. The lowest BCUT2D eigenvalue weighted by Crippen LogP contribution is -2.24. The topological polar surface area (TPSA) is 84.5 Å². The summed E-state index contributed by atoms with van der Waals surface area (Å²) in [7, 11) is 0. The van der Waals surface area contributed by atoms with E-state index in [0.29, 0.717) is 33.4 Å². The predicted molar refractivity (Wildman–Crippen MR) is 165 cm³/mol. The van der Waals surface area contributed by atoms with E-state index >= 15 is 0 Å². The molecule has 0 heterocycles. The number of hydrogen-bond acceptors (Lipinski definition) is 5. The molecule has 0 amide bonds. The van der Waals surface area contributed by atoms with Crippen molar-refractivity contribution in [3.8, 4) is 40.5 Å². The molecule has 48 heavy (non-hydrogen) atoms. The van der Waals surface area contributed by atoms with Crippen molar-refractivity contribution in [1.29, 1.82) is 15.8 Å². The average Bonchev–Trinajstić information content (AvgIpc) is 3.59. The van der Waals surface area contributed by atoms with Crippen molar-refractivity contribution in [1.82, 2.24) is 0 Å². The number of alkyl halides is 6. The average molecular weight is 683 g/mol. The van der Waals surface area contributed by atoms with Gasteiger partial charge in [0.25, 0.3) is 0 Å². The second-order valence-corrected chi connectivity index (χ2v) is 12.3. The quantitative estimate of drug-likeness (QED) is 0.119. The lowest BCUT2D eigenvalue weighted by Gasteiger charge is -2.17. The Morgan fingerprint density at radius 1 is 0.667 bits per heavy atom. The molecule has 3 aromatic rings. The zero-order valence-corrected chi connectivity index (χ0v) is 25.4. The molecule has 232 valence electrons. The Balaban J connectivity index is 2.00.